The molecule has 20 heavy (non-hydrogen) atoms. The topological polar surface area (TPSA) is 65.0 Å². The summed E-state index contributed by atoms with van der Waals surface area (Å²) in [5.74, 6) is -0.134. The maximum atomic E-state index is 11.7. The molecule has 0 radical (unpaired) electrons. The molecule has 1 aromatic carbocycles. The van der Waals surface area contributed by atoms with Gasteiger partial charge in [0.2, 0.25) is 0 Å². The Kier molecular flexibility index (Phi) is 6.10. The molecule has 0 bridgehead atoms. The fourth-order valence-electron chi connectivity index (χ4n) is 1.90. The number of halogens is 1. The molecule has 112 valence electrons. The Morgan fingerprint density at radius 1 is 1.35 bits per heavy atom. The number of aryl methyl sites for hydroxylation is 1. The van der Waals surface area contributed by atoms with Crippen molar-refractivity contribution in [3.63, 3.8) is 0 Å². The number of carbonyl (C=O) groups excluding carboxylic acids is 1. The molecule has 1 aromatic rings. The molecule has 0 aliphatic heterocycles. The highest BCUT2D eigenvalue weighted by atomic mass is 35.5. The van der Waals surface area contributed by atoms with E-state index in [0.29, 0.717) is 12.2 Å². The van der Waals surface area contributed by atoms with Gasteiger partial charge in [0.1, 0.15) is 0 Å². The molecule has 6 heteroatoms. The van der Waals surface area contributed by atoms with Gasteiger partial charge in [0.05, 0.1) is 31.4 Å². The van der Waals surface area contributed by atoms with E-state index in [1.165, 1.54) is 14.2 Å². The van der Waals surface area contributed by atoms with Crippen LogP contribution >= 0.6 is 11.6 Å². The molecule has 0 aromatic heterocycles. The summed E-state index contributed by atoms with van der Waals surface area (Å²) in [5, 5.41) is 10.4. The van der Waals surface area contributed by atoms with Gasteiger partial charge in [-0.05, 0) is 25.0 Å². The second-order valence-electron chi connectivity index (χ2n) is 4.01. The highest BCUT2D eigenvalue weighted by molar-refractivity contribution is 6.32. The molecular weight excluding hydrogens is 284 g/mol. The van der Waals surface area contributed by atoms with Crippen molar-refractivity contribution in [1.82, 2.24) is 0 Å². The number of ether oxygens (including phenoxy) is 3. The van der Waals surface area contributed by atoms with Crippen molar-refractivity contribution in [2.24, 2.45) is 0 Å². The van der Waals surface area contributed by atoms with Crippen LogP contribution in [-0.2, 0) is 16.0 Å². The Bertz CT molecular complexity index is 487. The zero-order valence-corrected chi connectivity index (χ0v) is 12.8. The number of benzene rings is 1. The predicted molar refractivity (Wildman–Crippen MR) is 75.5 cm³/mol. The van der Waals surface area contributed by atoms with Crippen LogP contribution in [0.4, 0.5) is 0 Å². The van der Waals surface area contributed by atoms with E-state index in [2.05, 4.69) is 0 Å². The smallest absolute Gasteiger partial charge is 0.339 e. The number of aliphatic hydroxyl groups is 1. The molecule has 0 saturated heterocycles. The summed E-state index contributed by atoms with van der Waals surface area (Å²) in [5.41, 5.74) is 0.923. The molecular formula is C14H19ClO5. The molecule has 0 aliphatic carbocycles. The molecule has 1 atom stereocenters. The lowest BCUT2D eigenvalue weighted by atomic mass is 10.0. The van der Waals surface area contributed by atoms with Crippen LogP contribution < -0.4 is 9.47 Å². The Morgan fingerprint density at radius 2 is 2.00 bits per heavy atom. The maximum Gasteiger partial charge on any atom is 0.339 e. The minimum atomic E-state index is -1.52. The van der Waals surface area contributed by atoms with Crippen molar-refractivity contribution in [2.75, 3.05) is 20.8 Å². The molecule has 0 spiro atoms. The van der Waals surface area contributed by atoms with E-state index in [1.807, 2.05) is 6.92 Å². The van der Waals surface area contributed by atoms with E-state index in [1.54, 1.807) is 13.0 Å². The standard InChI is InChI=1S/C14H19ClO5/c1-5-8-7-9(18-3)13(19-4)10(11(8)15)12(16)14(17)20-6-2/h7,12,16H,5-6H2,1-4H3. The van der Waals surface area contributed by atoms with Crippen LogP contribution in [0.1, 0.15) is 31.1 Å². The third kappa shape index (κ3) is 3.16. The van der Waals surface area contributed by atoms with Crippen molar-refractivity contribution >= 4 is 17.6 Å². The molecule has 0 saturated carbocycles. The highest BCUT2D eigenvalue weighted by Crippen LogP contribution is 2.42. The number of rotatable bonds is 6. The van der Waals surface area contributed by atoms with E-state index in [-0.39, 0.29) is 22.9 Å². The average molecular weight is 303 g/mol. The number of carbonyl (C=O) groups is 1. The van der Waals surface area contributed by atoms with Gasteiger partial charge in [-0.25, -0.2) is 4.79 Å². The van der Waals surface area contributed by atoms with Gasteiger partial charge in [-0.3, -0.25) is 0 Å². The lowest BCUT2D eigenvalue weighted by molar-refractivity contribution is -0.153. The Hall–Kier alpha value is -1.46. The van der Waals surface area contributed by atoms with Crippen LogP contribution in [0, 0.1) is 0 Å². The van der Waals surface area contributed by atoms with Crippen LogP contribution in [0.15, 0.2) is 6.07 Å². The first-order chi connectivity index (χ1) is 9.51. The lowest BCUT2D eigenvalue weighted by Gasteiger charge is -2.19. The van der Waals surface area contributed by atoms with Crippen LogP contribution in [0.5, 0.6) is 11.5 Å². The van der Waals surface area contributed by atoms with Gasteiger partial charge < -0.3 is 19.3 Å². The molecule has 0 amide bonds. The molecule has 1 N–H and O–H groups in total. The van der Waals surface area contributed by atoms with Crippen molar-refractivity contribution in [3.8, 4) is 11.5 Å². The highest BCUT2D eigenvalue weighted by Gasteiger charge is 2.29. The van der Waals surface area contributed by atoms with Crippen molar-refractivity contribution in [1.29, 1.82) is 0 Å². The fraction of sp³-hybridized carbons (Fsp3) is 0.500. The zero-order chi connectivity index (χ0) is 15.3. The van der Waals surface area contributed by atoms with E-state index in [0.717, 1.165) is 5.56 Å². The quantitative estimate of drug-likeness (QED) is 0.818. The third-order valence-corrected chi connectivity index (χ3v) is 3.33. The summed E-state index contributed by atoms with van der Waals surface area (Å²) in [7, 11) is 2.90. The first kappa shape index (κ1) is 16.6. The minimum Gasteiger partial charge on any atom is -0.493 e. The summed E-state index contributed by atoms with van der Waals surface area (Å²) >= 11 is 6.26. The Balaban J connectivity index is 3.44. The van der Waals surface area contributed by atoms with E-state index in [9.17, 15) is 9.90 Å². The lowest BCUT2D eigenvalue weighted by Crippen LogP contribution is -2.17. The number of hydrogen-bond donors (Lipinski definition) is 1. The van der Waals surface area contributed by atoms with E-state index >= 15 is 0 Å². The number of hydrogen-bond acceptors (Lipinski definition) is 5. The molecule has 0 heterocycles. The van der Waals surface area contributed by atoms with E-state index in [4.69, 9.17) is 25.8 Å². The first-order valence-corrected chi connectivity index (χ1v) is 6.67. The van der Waals surface area contributed by atoms with Crippen LogP contribution in [-0.4, -0.2) is 31.9 Å². The number of aliphatic hydroxyl groups excluding tert-OH is 1. The number of esters is 1. The molecule has 0 aliphatic rings. The molecule has 1 rings (SSSR count). The van der Waals surface area contributed by atoms with Gasteiger partial charge in [0.15, 0.2) is 17.6 Å². The maximum absolute atomic E-state index is 11.7. The van der Waals surface area contributed by atoms with Gasteiger partial charge in [-0.15, -0.1) is 0 Å². The van der Waals surface area contributed by atoms with Crippen LogP contribution in [0.3, 0.4) is 0 Å². The number of methoxy groups -OCH3 is 2. The summed E-state index contributed by atoms with van der Waals surface area (Å²) in [4.78, 5) is 11.7. The first-order valence-electron chi connectivity index (χ1n) is 6.29. The summed E-state index contributed by atoms with van der Waals surface area (Å²) < 4.78 is 15.3. The molecule has 0 fully saturated rings. The van der Waals surface area contributed by atoms with E-state index < -0.39 is 12.1 Å². The monoisotopic (exact) mass is 302 g/mol. The fourth-order valence-corrected chi connectivity index (χ4v) is 2.27. The van der Waals surface area contributed by atoms with Gasteiger partial charge in [-0.1, -0.05) is 18.5 Å². The summed E-state index contributed by atoms with van der Waals surface area (Å²) in [6.07, 6.45) is -0.889. The Morgan fingerprint density at radius 3 is 2.45 bits per heavy atom. The normalized spacial score (nSPS) is 11.9. The van der Waals surface area contributed by atoms with Gasteiger partial charge in [0.25, 0.3) is 0 Å². The largest absolute Gasteiger partial charge is 0.493 e. The second-order valence-corrected chi connectivity index (χ2v) is 4.38. The third-order valence-electron chi connectivity index (χ3n) is 2.88. The molecule has 5 nitrogen and oxygen atoms in total. The van der Waals surface area contributed by atoms with Crippen molar-refractivity contribution < 1.29 is 24.1 Å². The van der Waals surface area contributed by atoms with Gasteiger partial charge in [-0.2, -0.15) is 0 Å². The minimum absolute atomic E-state index is 0.167. The Labute approximate surface area is 123 Å². The van der Waals surface area contributed by atoms with Crippen LogP contribution in [0.25, 0.3) is 0 Å². The summed E-state index contributed by atoms with van der Waals surface area (Å²) in [6, 6.07) is 1.72. The predicted octanol–water partition coefficient (Wildman–Crippen LogP) is 2.52. The zero-order valence-electron chi connectivity index (χ0n) is 12.0. The average Bonchev–Trinajstić information content (AvgIpc) is 2.46. The van der Waals surface area contributed by atoms with Crippen LogP contribution in [0.2, 0.25) is 5.02 Å². The molecule has 1 unspecified atom stereocenters. The van der Waals surface area contributed by atoms with Crippen molar-refractivity contribution in [2.45, 2.75) is 26.4 Å². The van der Waals surface area contributed by atoms with Gasteiger partial charge in [0, 0.05) is 0 Å². The second kappa shape index (κ2) is 7.36. The van der Waals surface area contributed by atoms with Gasteiger partial charge >= 0.3 is 5.97 Å². The SMILES string of the molecule is CCOC(=O)C(O)c1c(Cl)c(CC)cc(OC)c1OC. The summed E-state index contributed by atoms with van der Waals surface area (Å²) in [6.45, 7) is 3.74. The van der Waals surface area contributed by atoms with Crippen molar-refractivity contribution in [3.05, 3.63) is 22.2 Å².